The molecule has 25 heavy (non-hydrogen) atoms. The molecule has 2 aliphatic rings. The molecule has 2 unspecified atom stereocenters. The van der Waals surface area contributed by atoms with Gasteiger partial charge in [-0.15, -0.1) is 11.8 Å². The highest BCUT2D eigenvalue weighted by Crippen LogP contribution is 2.40. The summed E-state index contributed by atoms with van der Waals surface area (Å²) in [6, 6.07) is 7.34. The number of amides is 2. The third kappa shape index (κ3) is 3.01. The predicted octanol–water partition coefficient (Wildman–Crippen LogP) is -0.0505. The van der Waals surface area contributed by atoms with Crippen LogP contribution in [0.25, 0.3) is 0 Å². The highest BCUT2D eigenvalue weighted by Gasteiger charge is 2.54. The van der Waals surface area contributed by atoms with Crippen molar-refractivity contribution in [2.24, 2.45) is 5.84 Å². The first-order valence-corrected chi connectivity index (χ1v) is 8.69. The molecule has 2 aliphatic heterocycles. The minimum absolute atomic E-state index is 0.0100. The number of benzene rings is 1. The molecule has 132 valence electrons. The van der Waals surface area contributed by atoms with Crippen LogP contribution in [0.1, 0.15) is 18.5 Å². The zero-order chi connectivity index (χ0) is 18.1. The van der Waals surface area contributed by atoms with Gasteiger partial charge in [-0.25, -0.2) is 10.2 Å². The van der Waals surface area contributed by atoms with Gasteiger partial charge in [0.1, 0.15) is 23.2 Å². The van der Waals surface area contributed by atoms with E-state index in [0.717, 1.165) is 0 Å². The van der Waals surface area contributed by atoms with Gasteiger partial charge in [-0.2, -0.15) is 0 Å². The van der Waals surface area contributed by atoms with Gasteiger partial charge >= 0.3 is 5.97 Å². The van der Waals surface area contributed by atoms with Crippen LogP contribution >= 0.6 is 11.8 Å². The van der Waals surface area contributed by atoms with Gasteiger partial charge in [0.05, 0.1) is 0 Å². The third-order valence-electron chi connectivity index (χ3n) is 4.22. The van der Waals surface area contributed by atoms with Gasteiger partial charge in [-0.3, -0.25) is 20.3 Å². The van der Waals surface area contributed by atoms with Gasteiger partial charge in [-0.05, 0) is 18.1 Å². The summed E-state index contributed by atoms with van der Waals surface area (Å²) in [5, 5.41) is 11.6. The molecule has 8 nitrogen and oxygen atoms in total. The van der Waals surface area contributed by atoms with Crippen molar-refractivity contribution in [2.75, 3.05) is 5.75 Å². The van der Waals surface area contributed by atoms with Crippen LogP contribution in [0.4, 0.5) is 0 Å². The molecule has 3 atom stereocenters. The van der Waals surface area contributed by atoms with Gasteiger partial charge in [0, 0.05) is 5.75 Å². The molecule has 1 fully saturated rings. The molecule has 1 aromatic rings. The quantitative estimate of drug-likeness (QED) is 0.329. The van der Waals surface area contributed by atoms with Crippen molar-refractivity contribution in [3.63, 3.8) is 0 Å². The van der Waals surface area contributed by atoms with Crippen molar-refractivity contribution in [1.82, 2.24) is 15.6 Å². The fourth-order valence-corrected chi connectivity index (χ4v) is 4.27. The maximum absolute atomic E-state index is 12.5. The van der Waals surface area contributed by atoms with E-state index < -0.39 is 35.2 Å². The molecular weight excluding hydrogens is 344 g/mol. The van der Waals surface area contributed by atoms with Gasteiger partial charge < -0.3 is 10.4 Å². The van der Waals surface area contributed by atoms with Gasteiger partial charge in [-0.1, -0.05) is 30.3 Å². The van der Waals surface area contributed by atoms with Crippen molar-refractivity contribution in [3.8, 4) is 0 Å². The van der Waals surface area contributed by atoms with E-state index in [1.807, 2.05) is 6.07 Å². The summed E-state index contributed by atoms with van der Waals surface area (Å²) in [7, 11) is 0. The van der Waals surface area contributed by atoms with E-state index in [1.165, 1.54) is 16.7 Å². The minimum atomic E-state index is -1.13. The second-order valence-corrected chi connectivity index (χ2v) is 6.95. The smallest absolute Gasteiger partial charge is 0.352 e. The second-order valence-electron chi connectivity index (χ2n) is 5.84. The Morgan fingerprint density at radius 3 is 2.64 bits per heavy atom. The first kappa shape index (κ1) is 17.5. The molecule has 1 saturated heterocycles. The van der Waals surface area contributed by atoms with E-state index in [1.54, 1.807) is 31.2 Å². The number of thioether (sulfide) groups is 1. The lowest BCUT2D eigenvalue weighted by Gasteiger charge is -2.49. The number of nitrogens with one attached hydrogen (secondary N) is 2. The summed E-state index contributed by atoms with van der Waals surface area (Å²) in [6.07, 6.45) is 0. The average Bonchev–Trinajstić information content (AvgIpc) is 2.60. The van der Waals surface area contributed by atoms with E-state index in [0.29, 0.717) is 16.9 Å². The highest BCUT2D eigenvalue weighted by molar-refractivity contribution is 8.00. The number of carboxylic acids is 1. The largest absolute Gasteiger partial charge is 0.477 e. The van der Waals surface area contributed by atoms with Crippen LogP contribution in [0.2, 0.25) is 0 Å². The number of carbonyl (C=O) groups excluding carboxylic acids is 2. The Kier molecular flexibility index (Phi) is 4.80. The number of hydrogen-bond donors (Lipinski definition) is 4. The number of hydrazine groups is 1. The van der Waals surface area contributed by atoms with Crippen LogP contribution in [-0.4, -0.2) is 45.0 Å². The SMILES string of the molecule is CC1=C(C(=O)O)N2C(=O)C(NC(=O)C(NN)c3ccccc3)[C@H]2SC1. The molecule has 3 rings (SSSR count). The van der Waals surface area contributed by atoms with E-state index in [4.69, 9.17) is 5.84 Å². The zero-order valence-electron chi connectivity index (χ0n) is 13.4. The topological polar surface area (TPSA) is 125 Å². The first-order valence-electron chi connectivity index (χ1n) is 7.65. The average molecular weight is 362 g/mol. The van der Waals surface area contributed by atoms with Gasteiger partial charge in [0.25, 0.3) is 5.91 Å². The number of aliphatic carboxylic acids is 1. The van der Waals surface area contributed by atoms with Crippen LogP contribution in [0.5, 0.6) is 0 Å². The van der Waals surface area contributed by atoms with Crippen molar-refractivity contribution in [2.45, 2.75) is 24.4 Å². The van der Waals surface area contributed by atoms with Crippen molar-refractivity contribution in [3.05, 3.63) is 47.2 Å². The molecule has 0 radical (unpaired) electrons. The van der Waals surface area contributed by atoms with E-state index in [2.05, 4.69) is 10.7 Å². The van der Waals surface area contributed by atoms with Gasteiger partial charge in [0.15, 0.2) is 0 Å². The Hall–Kier alpha value is -2.36. The van der Waals surface area contributed by atoms with Crippen LogP contribution in [0, 0.1) is 0 Å². The second kappa shape index (κ2) is 6.87. The number of carboxylic acid groups (broad SMARTS) is 1. The van der Waals surface area contributed by atoms with E-state index >= 15 is 0 Å². The summed E-state index contributed by atoms with van der Waals surface area (Å²) in [5.41, 5.74) is 3.76. The molecule has 0 aliphatic carbocycles. The maximum atomic E-state index is 12.5. The Bertz CT molecular complexity index is 752. The lowest BCUT2D eigenvalue weighted by molar-refractivity contribution is -0.151. The molecule has 0 saturated carbocycles. The Morgan fingerprint density at radius 1 is 1.36 bits per heavy atom. The minimum Gasteiger partial charge on any atom is -0.477 e. The molecular formula is C16H18N4O4S. The summed E-state index contributed by atoms with van der Waals surface area (Å²) in [6.45, 7) is 1.69. The number of β-lactam (4-membered cyclic amide) rings is 1. The molecule has 0 aromatic heterocycles. The molecule has 5 N–H and O–H groups in total. The fraction of sp³-hybridized carbons (Fsp3) is 0.312. The lowest BCUT2D eigenvalue weighted by atomic mass is 10.0. The molecule has 0 spiro atoms. The maximum Gasteiger partial charge on any atom is 0.352 e. The van der Waals surface area contributed by atoms with Crippen LogP contribution in [0.15, 0.2) is 41.6 Å². The monoisotopic (exact) mass is 362 g/mol. The van der Waals surface area contributed by atoms with E-state index in [9.17, 15) is 19.5 Å². The Morgan fingerprint density at radius 2 is 2.04 bits per heavy atom. The van der Waals surface area contributed by atoms with E-state index in [-0.39, 0.29) is 5.70 Å². The van der Waals surface area contributed by atoms with Crippen molar-refractivity contribution in [1.29, 1.82) is 0 Å². The Balaban J connectivity index is 1.74. The molecule has 0 bridgehead atoms. The number of fused-ring (bicyclic) bond motifs is 1. The summed E-state index contributed by atoms with van der Waals surface area (Å²) in [4.78, 5) is 37.5. The highest BCUT2D eigenvalue weighted by atomic mass is 32.2. The predicted molar refractivity (Wildman–Crippen MR) is 91.9 cm³/mol. The molecule has 2 amide bonds. The van der Waals surface area contributed by atoms with Crippen molar-refractivity contribution >= 4 is 29.5 Å². The number of nitrogens with zero attached hydrogens (tertiary/aromatic N) is 1. The summed E-state index contributed by atoms with van der Waals surface area (Å²) >= 11 is 1.43. The number of carbonyl (C=O) groups is 3. The van der Waals surface area contributed by atoms with Crippen LogP contribution in [-0.2, 0) is 14.4 Å². The van der Waals surface area contributed by atoms with Crippen LogP contribution in [0.3, 0.4) is 0 Å². The number of hydrogen-bond acceptors (Lipinski definition) is 6. The lowest BCUT2D eigenvalue weighted by Crippen LogP contribution is -2.71. The number of nitrogens with two attached hydrogens (primary N) is 1. The molecule has 1 aromatic carbocycles. The third-order valence-corrected chi connectivity index (χ3v) is 5.65. The van der Waals surface area contributed by atoms with Crippen LogP contribution < -0.4 is 16.6 Å². The molecule has 2 heterocycles. The first-order chi connectivity index (χ1) is 12.0. The summed E-state index contributed by atoms with van der Waals surface area (Å²) in [5.74, 6) is 4.00. The standard InChI is InChI=1S/C16H18N4O4S/c1-8-7-25-15-11(14(22)20(15)12(8)16(23)24)18-13(21)10(19-17)9-5-3-2-4-6-9/h2-6,10-11,15,19H,7,17H2,1H3,(H,18,21)(H,23,24)/t10?,11?,15-/m1/s1. The number of rotatable bonds is 5. The summed E-state index contributed by atoms with van der Waals surface area (Å²) < 4.78 is 0. The van der Waals surface area contributed by atoms with Crippen molar-refractivity contribution < 1.29 is 19.5 Å². The fourth-order valence-electron chi connectivity index (χ4n) is 2.98. The Labute approximate surface area is 148 Å². The normalized spacial score (nSPS) is 23.6. The zero-order valence-corrected chi connectivity index (χ0v) is 14.2. The van der Waals surface area contributed by atoms with Gasteiger partial charge in [0.2, 0.25) is 5.91 Å². The molecule has 9 heteroatoms.